The van der Waals surface area contributed by atoms with Crippen molar-refractivity contribution in [1.82, 2.24) is 20.2 Å². The van der Waals surface area contributed by atoms with E-state index in [9.17, 15) is 18.8 Å². The van der Waals surface area contributed by atoms with Crippen molar-refractivity contribution in [3.63, 3.8) is 0 Å². The number of aromatic amines is 1. The van der Waals surface area contributed by atoms with Crippen LogP contribution in [0.1, 0.15) is 35.9 Å². The summed E-state index contributed by atoms with van der Waals surface area (Å²) in [6.07, 6.45) is 2.48. The Morgan fingerprint density at radius 2 is 2.09 bits per heavy atom. The maximum Gasteiger partial charge on any atom is 0.287 e. The Morgan fingerprint density at radius 1 is 1.26 bits per heavy atom. The lowest BCUT2D eigenvalue weighted by molar-refractivity contribution is -0.118. The molecule has 3 rings (SSSR count). The second-order valence-corrected chi connectivity index (χ2v) is 7.56. The number of benzene rings is 2. The minimum Gasteiger partial charge on any atom is -0.497 e. The first-order valence-corrected chi connectivity index (χ1v) is 10.9. The Balaban J connectivity index is 1.75. The van der Waals surface area contributed by atoms with Crippen molar-refractivity contribution in [1.29, 1.82) is 0 Å². The molecule has 9 nitrogen and oxygen atoms in total. The molecule has 0 spiro atoms. The third-order valence-corrected chi connectivity index (χ3v) is 5.15. The summed E-state index contributed by atoms with van der Waals surface area (Å²) in [6, 6.07) is 9.61. The standard InChI is InChI=1S/C24H27FN4O5/c1-3-4-10-29(15-30)11-12-34-21-18(25)8-9-19-20(21)23(31)28-22(27-19)24(32)26-14-16-6-5-7-17(13-16)33-2/h5-9,13,15H,3-4,10-12,14H2,1-2H3,(H,26,32)(H,27,28,31). The van der Waals surface area contributed by atoms with Gasteiger partial charge >= 0.3 is 0 Å². The third kappa shape index (κ3) is 6.09. The number of nitrogens with one attached hydrogen (secondary N) is 2. The largest absolute Gasteiger partial charge is 0.497 e. The molecule has 0 unspecified atom stereocenters. The summed E-state index contributed by atoms with van der Waals surface area (Å²) in [5.74, 6) is -1.15. The third-order valence-electron chi connectivity index (χ3n) is 5.15. The highest BCUT2D eigenvalue weighted by Crippen LogP contribution is 2.25. The molecule has 0 bridgehead atoms. The lowest BCUT2D eigenvalue weighted by Gasteiger charge is -2.17. The molecule has 1 heterocycles. The molecule has 2 amide bonds. The van der Waals surface area contributed by atoms with Gasteiger partial charge in [-0.05, 0) is 36.2 Å². The minimum atomic E-state index is -0.735. The Hall–Kier alpha value is -3.95. The molecular weight excluding hydrogens is 443 g/mol. The summed E-state index contributed by atoms with van der Waals surface area (Å²) in [5.41, 5.74) is 0.214. The molecule has 0 aliphatic carbocycles. The van der Waals surface area contributed by atoms with E-state index in [4.69, 9.17) is 9.47 Å². The average molecular weight is 471 g/mol. The number of nitrogens with zero attached hydrogens (tertiary/aromatic N) is 2. The second-order valence-electron chi connectivity index (χ2n) is 7.56. The molecule has 0 saturated carbocycles. The van der Waals surface area contributed by atoms with Gasteiger partial charge in [0, 0.05) is 13.1 Å². The Bertz CT molecular complexity index is 1210. The zero-order chi connectivity index (χ0) is 24.5. The van der Waals surface area contributed by atoms with E-state index in [0.717, 1.165) is 24.5 Å². The first-order valence-electron chi connectivity index (χ1n) is 10.9. The van der Waals surface area contributed by atoms with Crippen LogP contribution in [0.4, 0.5) is 4.39 Å². The maximum atomic E-state index is 14.5. The number of fused-ring (bicyclic) bond motifs is 1. The number of aromatic nitrogens is 2. The zero-order valence-electron chi connectivity index (χ0n) is 19.1. The molecule has 0 radical (unpaired) electrons. The fraction of sp³-hybridized carbons (Fsp3) is 0.333. The van der Waals surface area contributed by atoms with E-state index in [2.05, 4.69) is 15.3 Å². The van der Waals surface area contributed by atoms with Crippen LogP contribution in [0, 0.1) is 5.82 Å². The average Bonchev–Trinajstić information content (AvgIpc) is 2.85. The number of ether oxygens (including phenoxy) is 2. The number of halogens is 1. The molecule has 1 aromatic heterocycles. The highest BCUT2D eigenvalue weighted by atomic mass is 19.1. The van der Waals surface area contributed by atoms with Crippen molar-refractivity contribution in [2.45, 2.75) is 26.3 Å². The van der Waals surface area contributed by atoms with Crippen LogP contribution in [0.5, 0.6) is 11.5 Å². The maximum absolute atomic E-state index is 14.5. The topological polar surface area (TPSA) is 114 Å². The van der Waals surface area contributed by atoms with E-state index < -0.39 is 17.3 Å². The fourth-order valence-electron chi connectivity index (χ4n) is 3.32. The van der Waals surface area contributed by atoms with Crippen molar-refractivity contribution in [3.05, 3.63) is 64.0 Å². The predicted molar refractivity (Wildman–Crippen MR) is 125 cm³/mol. The van der Waals surface area contributed by atoms with Gasteiger partial charge in [0.25, 0.3) is 11.5 Å². The van der Waals surface area contributed by atoms with Crippen molar-refractivity contribution in [3.8, 4) is 11.5 Å². The number of hydrogen-bond acceptors (Lipinski definition) is 6. The monoisotopic (exact) mass is 470 g/mol. The van der Waals surface area contributed by atoms with Gasteiger partial charge in [0.05, 0.1) is 19.2 Å². The Kier molecular flexibility index (Phi) is 8.55. The normalized spacial score (nSPS) is 10.7. The Labute approximate surface area is 195 Å². The number of amides is 2. The van der Waals surface area contributed by atoms with Gasteiger partial charge in [0.1, 0.15) is 17.7 Å². The number of rotatable bonds is 12. The molecule has 3 aromatic rings. The molecular formula is C24H27FN4O5. The molecule has 2 aromatic carbocycles. The van der Waals surface area contributed by atoms with Crippen LogP contribution in [0.25, 0.3) is 10.9 Å². The lowest BCUT2D eigenvalue weighted by Crippen LogP contribution is -2.29. The molecule has 2 N–H and O–H groups in total. The summed E-state index contributed by atoms with van der Waals surface area (Å²) in [6.45, 7) is 3.02. The van der Waals surface area contributed by atoms with Crippen LogP contribution in [-0.4, -0.2) is 54.0 Å². The Morgan fingerprint density at radius 3 is 2.82 bits per heavy atom. The first kappa shape index (κ1) is 24.7. The van der Waals surface area contributed by atoms with Gasteiger partial charge < -0.3 is 24.7 Å². The quantitative estimate of drug-likeness (QED) is 0.394. The van der Waals surface area contributed by atoms with E-state index in [0.29, 0.717) is 18.7 Å². The van der Waals surface area contributed by atoms with Crippen LogP contribution in [0.3, 0.4) is 0 Å². The molecule has 180 valence electrons. The predicted octanol–water partition coefficient (Wildman–Crippen LogP) is 2.64. The van der Waals surface area contributed by atoms with Gasteiger partial charge in [0.15, 0.2) is 17.4 Å². The van der Waals surface area contributed by atoms with E-state index in [1.165, 1.54) is 11.0 Å². The molecule has 34 heavy (non-hydrogen) atoms. The molecule has 0 aliphatic heterocycles. The van der Waals surface area contributed by atoms with Crippen LogP contribution >= 0.6 is 0 Å². The van der Waals surface area contributed by atoms with E-state index in [1.807, 2.05) is 13.0 Å². The van der Waals surface area contributed by atoms with Gasteiger partial charge in [-0.25, -0.2) is 9.37 Å². The minimum absolute atomic E-state index is 0.000698. The number of carbonyl (C=O) groups is 2. The summed E-state index contributed by atoms with van der Waals surface area (Å²) < 4.78 is 25.1. The summed E-state index contributed by atoms with van der Waals surface area (Å²) in [4.78, 5) is 44.5. The van der Waals surface area contributed by atoms with Gasteiger partial charge in [-0.1, -0.05) is 25.5 Å². The smallest absolute Gasteiger partial charge is 0.287 e. The highest BCUT2D eigenvalue weighted by molar-refractivity contribution is 5.93. The lowest BCUT2D eigenvalue weighted by atomic mass is 10.2. The van der Waals surface area contributed by atoms with Crippen molar-refractivity contribution in [2.75, 3.05) is 26.8 Å². The van der Waals surface area contributed by atoms with Gasteiger partial charge in [-0.3, -0.25) is 14.4 Å². The van der Waals surface area contributed by atoms with Crippen LogP contribution in [0.2, 0.25) is 0 Å². The molecule has 0 saturated heterocycles. The zero-order valence-corrected chi connectivity index (χ0v) is 19.1. The van der Waals surface area contributed by atoms with E-state index in [1.54, 1.807) is 25.3 Å². The van der Waals surface area contributed by atoms with Crippen LogP contribution < -0.4 is 20.3 Å². The van der Waals surface area contributed by atoms with Gasteiger partial charge in [0.2, 0.25) is 6.41 Å². The summed E-state index contributed by atoms with van der Waals surface area (Å²) in [7, 11) is 1.55. The van der Waals surface area contributed by atoms with Crippen molar-refractivity contribution in [2.24, 2.45) is 0 Å². The first-order chi connectivity index (χ1) is 16.5. The number of hydrogen-bond donors (Lipinski definition) is 2. The van der Waals surface area contributed by atoms with Crippen LogP contribution in [-0.2, 0) is 11.3 Å². The molecule has 0 fully saturated rings. The van der Waals surface area contributed by atoms with Gasteiger partial charge in [-0.15, -0.1) is 0 Å². The number of H-pyrrole nitrogens is 1. The highest BCUT2D eigenvalue weighted by Gasteiger charge is 2.18. The van der Waals surface area contributed by atoms with Crippen LogP contribution in [0.15, 0.2) is 41.2 Å². The summed E-state index contributed by atoms with van der Waals surface area (Å²) in [5, 5.41) is 2.58. The van der Waals surface area contributed by atoms with E-state index >= 15 is 0 Å². The molecule has 10 heteroatoms. The summed E-state index contributed by atoms with van der Waals surface area (Å²) >= 11 is 0. The number of unbranched alkanes of at least 4 members (excludes halogenated alkanes) is 1. The molecule has 0 aliphatic rings. The number of methoxy groups -OCH3 is 1. The SMILES string of the molecule is CCCCN(C=O)CCOc1c(F)ccc2nc(C(=O)NCc3cccc(OC)c3)[nH]c(=O)c12. The number of carbonyl (C=O) groups excluding carboxylic acids is 2. The second kappa shape index (κ2) is 11.8. The van der Waals surface area contributed by atoms with Crippen molar-refractivity contribution >= 4 is 23.2 Å². The van der Waals surface area contributed by atoms with Gasteiger partial charge in [-0.2, -0.15) is 0 Å². The van der Waals surface area contributed by atoms with Crippen molar-refractivity contribution < 1.29 is 23.5 Å². The fourth-order valence-corrected chi connectivity index (χ4v) is 3.32. The van der Waals surface area contributed by atoms with E-state index in [-0.39, 0.29) is 42.2 Å². The molecule has 0 atom stereocenters.